The molecule has 1 amide bonds. The molecule has 5 heteroatoms. The van der Waals surface area contributed by atoms with Crippen LogP contribution in [0.2, 0.25) is 0 Å². The first-order chi connectivity index (χ1) is 7.12. The molecule has 0 unspecified atom stereocenters. The van der Waals surface area contributed by atoms with Gasteiger partial charge < -0.3 is 20.9 Å². The highest BCUT2D eigenvalue weighted by atomic mass is 16.5. The van der Waals surface area contributed by atoms with Crippen molar-refractivity contribution in [2.24, 2.45) is 5.73 Å². The molecule has 1 atom stereocenters. The largest absolute Gasteiger partial charge is 0.394 e. The lowest BCUT2D eigenvalue weighted by Crippen LogP contribution is -2.59. The second-order valence-electron chi connectivity index (χ2n) is 4.03. The van der Waals surface area contributed by atoms with Gasteiger partial charge in [-0.1, -0.05) is 6.92 Å². The SMILES string of the molecule is CC[C@H](CO)NC(=O)C1(N)CCOCC1. The minimum absolute atomic E-state index is 0.0468. The maximum atomic E-state index is 11.8. The molecule has 5 nitrogen and oxygen atoms in total. The smallest absolute Gasteiger partial charge is 0.240 e. The van der Waals surface area contributed by atoms with Crippen molar-refractivity contribution in [2.45, 2.75) is 37.8 Å². The minimum atomic E-state index is -0.819. The van der Waals surface area contributed by atoms with E-state index < -0.39 is 5.54 Å². The third-order valence-electron chi connectivity index (χ3n) is 2.89. The van der Waals surface area contributed by atoms with E-state index in [2.05, 4.69) is 5.32 Å². The Labute approximate surface area is 90.0 Å². The zero-order chi connectivity index (χ0) is 11.3. The quantitative estimate of drug-likeness (QED) is 0.585. The Balaban J connectivity index is 2.50. The van der Waals surface area contributed by atoms with E-state index in [1.54, 1.807) is 0 Å². The van der Waals surface area contributed by atoms with Crippen LogP contribution in [-0.2, 0) is 9.53 Å². The van der Waals surface area contributed by atoms with Crippen LogP contribution in [0.15, 0.2) is 0 Å². The maximum absolute atomic E-state index is 11.8. The van der Waals surface area contributed by atoms with Crippen molar-refractivity contribution in [3.63, 3.8) is 0 Å². The number of nitrogens with one attached hydrogen (secondary N) is 1. The highest BCUT2D eigenvalue weighted by Gasteiger charge is 2.36. The molecule has 1 rings (SSSR count). The van der Waals surface area contributed by atoms with Crippen LogP contribution >= 0.6 is 0 Å². The number of carbonyl (C=O) groups is 1. The summed E-state index contributed by atoms with van der Waals surface area (Å²) in [6.45, 7) is 2.92. The van der Waals surface area contributed by atoms with Gasteiger partial charge in [0.05, 0.1) is 18.2 Å². The topological polar surface area (TPSA) is 84.6 Å². The Kier molecular flexibility index (Phi) is 4.50. The summed E-state index contributed by atoms with van der Waals surface area (Å²) in [5, 5.41) is 11.7. The van der Waals surface area contributed by atoms with Crippen LogP contribution < -0.4 is 11.1 Å². The van der Waals surface area contributed by atoms with Crippen molar-refractivity contribution in [3.05, 3.63) is 0 Å². The molecular formula is C10H20N2O3. The monoisotopic (exact) mass is 216 g/mol. The Hall–Kier alpha value is -0.650. The lowest BCUT2D eigenvalue weighted by molar-refractivity contribution is -0.130. The molecule has 1 heterocycles. The summed E-state index contributed by atoms with van der Waals surface area (Å²) in [4.78, 5) is 11.8. The number of amides is 1. The molecule has 1 aliphatic heterocycles. The average molecular weight is 216 g/mol. The van der Waals surface area contributed by atoms with Crippen LogP contribution in [0.5, 0.6) is 0 Å². The number of aliphatic hydroxyl groups excluding tert-OH is 1. The van der Waals surface area contributed by atoms with Gasteiger partial charge in [0.15, 0.2) is 0 Å². The van der Waals surface area contributed by atoms with Gasteiger partial charge in [-0.05, 0) is 19.3 Å². The molecule has 0 spiro atoms. The van der Waals surface area contributed by atoms with Crippen LogP contribution in [0, 0.1) is 0 Å². The summed E-state index contributed by atoms with van der Waals surface area (Å²) in [7, 11) is 0. The van der Waals surface area contributed by atoms with Crippen LogP contribution in [0.1, 0.15) is 26.2 Å². The first-order valence-corrected chi connectivity index (χ1v) is 5.41. The van der Waals surface area contributed by atoms with Crippen LogP contribution in [0.4, 0.5) is 0 Å². The summed E-state index contributed by atoms with van der Waals surface area (Å²) in [6.07, 6.45) is 1.79. The first kappa shape index (κ1) is 12.4. The van der Waals surface area contributed by atoms with Crippen LogP contribution in [0.3, 0.4) is 0 Å². The minimum Gasteiger partial charge on any atom is -0.394 e. The summed E-state index contributed by atoms with van der Waals surface area (Å²) in [5.41, 5.74) is 5.17. The first-order valence-electron chi connectivity index (χ1n) is 5.41. The fourth-order valence-electron chi connectivity index (χ4n) is 1.57. The van der Waals surface area contributed by atoms with E-state index in [1.807, 2.05) is 6.92 Å². The third kappa shape index (κ3) is 3.15. The van der Waals surface area contributed by atoms with Gasteiger partial charge in [0.2, 0.25) is 5.91 Å². The lowest BCUT2D eigenvalue weighted by Gasteiger charge is -2.33. The fourth-order valence-corrected chi connectivity index (χ4v) is 1.57. The highest BCUT2D eigenvalue weighted by molar-refractivity contribution is 5.86. The van der Waals surface area contributed by atoms with E-state index in [4.69, 9.17) is 15.6 Å². The number of hydrogen-bond donors (Lipinski definition) is 3. The normalized spacial score (nSPS) is 22.1. The van der Waals surface area contributed by atoms with Gasteiger partial charge in [0.1, 0.15) is 0 Å². The van der Waals surface area contributed by atoms with Crippen LogP contribution in [-0.4, -0.2) is 42.4 Å². The molecule has 1 saturated heterocycles. The van der Waals surface area contributed by atoms with E-state index in [0.29, 0.717) is 32.5 Å². The van der Waals surface area contributed by atoms with Crippen molar-refractivity contribution < 1.29 is 14.6 Å². The molecule has 1 fully saturated rings. The number of carbonyl (C=O) groups excluding carboxylic acids is 1. The van der Waals surface area contributed by atoms with Gasteiger partial charge in [-0.15, -0.1) is 0 Å². The summed E-state index contributed by atoms with van der Waals surface area (Å²) < 4.78 is 5.16. The van der Waals surface area contributed by atoms with Crippen molar-refractivity contribution >= 4 is 5.91 Å². The van der Waals surface area contributed by atoms with Crippen molar-refractivity contribution in [1.29, 1.82) is 0 Å². The van der Waals surface area contributed by atoms with Gasteiger partial charge in [-0.2, -0.15) is 0 Å². The summed E-state index contributed by atoms with van der Waals surface area (Å²) in [6, 6.07) is -0.194. The van der Waals surface area contributed by atoms with E-state index in [-0.39, 0.29) is 18.6 Å². The Bertz CT molecular complexity index is 211. The van der Waals surface area contributed by atoms with Gasteiger partial charge in [0, 0.05) is 13.2 Å². The zero-order valence-electron chi connectivity index (χ0n) is 9.16. The highest BCUT2D eigenvalue weighted by Crippen LogP contribution is 2.17. The molecule has 0 aromatic rings. The second-order valence-corrected chi connectivity index (χ2v) is 4.03. The molecule has 0 radical (unpaired) electrons. The third-order valence-corrected chi connectivity index (χ3v) is 2.89. The fraction of sp³-hybridized carbons (Fsp3) is 0.900. The molecule has 0 bridgehead atoms. The van der Waals surface area contributed by atoms with Gasteiger partial charge >= 0.3 is 0 Å². The van der Waals surface area contributed by atoms with Gasteiger partial charge in [-0.3, -0.25) is 4.79 Å². The maximum Gasteiger partial charge on any atom is 0.240 e. The number of aliphatic hydroxyl groups is 1. The van der Waals surface area contributed by atoms with Crippen molar-refractivity contribution in [2.75, 3.05) is 19.8 Å². The average Bonchev–Trinajstić information content (AvgIpc) is 2.26. The van der Waals surface area contributed by atoms with Gasteiger partial charge in [-0.25, -0.2) is 0 Å². The summed E-state index contributed by atoms with van der Waals surface area (Å²) in [5.74, 6) is -0.174. The Morgan fingerprint density at radius 2 is 2.20 bits per heavy atom. The predicted octanol–water partition coefficient (Wildman–Crippen LogP) is -0.619. The molecule has 0 aromatic carbocycles. The van der Waals surface area contributed by atoms with Crippen LogP contribution in [0.25, 0.3) is 0 Å². The second kappa shape index (κ2) is 5.44. The Morgan fingerprint density at radius 1 is 1.60 bits per heavy atom. The summed E-state index contributed by atoms with van der Waals surface area (Å²) >= 11 is 0. The zero-order valence-corrected chi connectivity index (χ0v) is 9.16. The van der Waals surface area contributed by atoms with E-state index >= 15 is 0 Å². The standard InChI is InChI=1S/C10H20N2O3/c1-2-8(7-13)12-9(14)10(11)3-5-15-6-4-10/h8,13H,2-7,11H2,1H3,(H,12,14)/t8-/m1/s1. The number of rotatable bonds is 4. The predicted molar refractivity (Wildman–Crippen MR) is 56.3 cm³/mol. The molecule has 0 aromatic heterocycles. The van der Waals surface area contributed by atoms with E-state index in [9.17, 15) is 4.79 Å². The van der Waals surface area contributed by atoms with E-state index in [0.717, 1.165) is 0 Å². The lowest BCUT2D eigenvalue weighted by atomic mass is 9.90. The number of hydrogen-bond acceptors (Lipinski definition) is 4. The molecule has 4 N–H and O–H groups in total. The molecule has 15 heavy (non-hydrogen) atoms. The molecule has 1 aliphatic rings. The Morgan fingerprint density at radius 3 is 2.67 bits per heavy atom. The van der Waals surface area contributed by atoms with E-state index in [1.165, 1.54) is 0 Å². The van der Waals surface area contributed by atoms with Gasteiger partial charge in [0.25, 0.3) is 0 Å². The number of ether oxygens (including phenoxy) is 1. The molecule has 0 saturated carbocycles. The molecule has 88 valence electrons. The number of nitrogens with two attached hydrogens (primary N) is 1. The molecular weight excluding hydrogens is 196 g/mol. The van der Waals surface area contributed by atoms with Crippen molar-refractivity contribution in [3.8, 4) is 0 Å². The van der Waals surface area contributed by atoms with Crippen molar-refractivity contribution in [1.82, 2.24) is 5.32 Å². The molecule has 0 aliphatic carbocycles.